The van der Waals surface area contributed by atoms with Crippen LogP contribution in [0.2, 0.25) is 0 Å². The largest absolute Gasteiger partial charge is 0.460 e. The number of pyridine rings is 1. The highest BCUT2D eigenvalue weighted by atomic mass is 16.3. The molecular weight excluding hydrogens is 326 g/mol. The van der Waals surface area contributed by atoms with Gasteiger partial charge >= 0.3 is 0 Å². The molecule has 5 nitrogen and oxygen atoms in total. The lowest BCUT2D eigenvalue weighted by atomic mass is 10.1. The zero-order valence-electron chi connectivity index (χ0n) is 15.0. The van der Waals surface area contributed by atoms with Crippen LogP contribution in [0.3, 0.4) is 0 Å². The van der Waals surface area contributed by atoms with Crippen LogP contribution in [0.1, 0.15) is 19.1 Å². The fourth-order valence-electron chi connectivity index (χ4n) is 3.55. The summed E-state index contributed by atoms with van der Waals surface area (Å²) >= 11 is 0. The van der Waals surface area contributed by atoms with Crippen molar-refractivity contribution in [2.24, 2.45) is 0 Å². The van der Waals surface area contributed by atoms with E-state index in [2.05, 4.69) is 34.1 Å². The third-order valence-electron chi connectivity index (χ3n) is 4.98. The summed E-state index contributed by atoms with van der Waals surface area (Å²) in [5, 5.41) is 1.11. The minimum atomic E-state index is 0.165. The smallest absolute Gasteiger partial charge is 0.219 e. The number of hydrogen-bond acceptors (Lipinski definition) is 4. The minimum absolute atomic E-state index is 0.165. The Morgan fingerprint density at radius 3 is 2.85 bits per heavy atom. The van der Waals surface area contributed by atoms with Crippen LogP contribution in [0.25, 0.3) is 22.1 Å². The van der Waals surface area contributed by atoms with E-state index in [-0.39, 0.29) is 5.91 Å². The van der Waals surface area contributed by atoms with E-state index in [1.807, 2.05) is 23.2 Å². The maximum atomic E-state index is 11.6. The van der Waals surface area contributed by atoms with Crippen molar-refractivity contribution in [3.63, 3.8) is 0 Å². The van der Waals surface area contributed by atoms with Crippen molar-refractivity contribution in [2.75, 3.05) is 26.2 Å². The molecule has 1 saturated heterocycles. The van der Waals surface area contributed by atoms with Gasteiger partial charge in [0.05, 0.1) is 6.54 Å². The van der Waals surface area contributed by atoms with Crippen LogP contribution in [-0.4, -0.2) is 46.9 Å². The van der Waals surface area contributed by atoms with Gasteiger partial charge in [0.25, 0.3) is 0 Å². The molecule has 0 spiro atoms. The van der Waals surface area contributed by atoms with E-state index in [9.17, 15) is 4.79 Å². The number of aromatic nitrogens is 1. The Labute approximate surface area is 153 Å². The summed E-state index contributed by atoms with van der Waals surface area (Å²) in [4.78, 5) is 20.1. The number of carbonyl (C=O) groups excluding carboxylic acids is 1. The van der Waals surface area contributed by atoms with Gasteiger partial charge in [-0.05, 0) is 36.2 Å². The van der Waals surface area contributed by atoms with Gasteiger partial charge in [0.2, 0.25) is 5.91 Å². The topological polar surface area (TPSA) is 49.6 Å². The number of furan rings is 1. The summed E-state index contributed by atoms with van der Waals surface area (Å²) in [5.74, 6) is 1.14. The number of rotatable bonds is 3. The van der Waals surface area contributed by atoms with Gasteiger partial charge < -0.3 is 9.32 Å². The van der Waals surface area contributed by atoms with Gasteiger partial charge in [-0.15, -0.1) is 0 Å². The molecule has 1 amide bonds. The molecule has 0 N–H and O–H groups in total. The SMILES string of the molecule is CC(=O)N1CCCN(Cc2cc3cc(-c4cccnc4)ccc3o2)CC1. The fraction of sp³-hybridized carbons (Fsp3) is 0.333. The van der Waals surface area contributed by atoms with Crippen molar-refractivity contribution >= 4 is 16.9 Å². The van der Waals surface area contributed by atoms with E-state index in [1.54, 1.807) is 13.1 Å². The summed E-state index contributed by atoms with van der Waals surface area (Å²) in [5.41, 5.74) is 3.16. The van der Waals surface area contributed by atoms with Crippen LogP contribution in [0, 0.1) is 0 Å². The average Bonchev–Trinajstić information content (AvgIpc) is 2.90. The van der Waals surface area contributed by atoms with Crippen LogP contribution in [-0.2, 0) is 11.3 Å². The summed E-state index contributed by atoms with van der Waals surface area (Å²) in [6, 6.07) is 12.4. The van der Waals surface area contributed by atoms with Crippen LogP contribution in [0.15, 0.2) is 53.2 Å². The third-order valence-corrected chi connectivity index (χ3v) is 4.98. The third kappa shape index (κ3) is 3.63. The second-order valence-corrected chi connectivity index (χ2v) is 6.84. The molecular formula is C21H23N3O2. The molecule has 134 valence electrons. The van der Waals surface area contributed by atoms with Gasteiger partial charge in [-0.25, -0.2) is 0 Å². The summed E-state index contributed by atoms with van der Waals surface area (Å²) in [6.07, 6.45) is 4.66. The maximum absolute atomic E-state index is 11.6. The average molecular weight is 349 g/mol. The first-order valence-corrected chi connectivity index (χ1v) is 9.10. The Morgan fingerprint density at radius 2 is 2.04 bits per heavy atom. The fourth-order valence-corrected chi connectivity index (χ4v) is 3.55. The predicted molar refractivity (Wildman–Crippen MR) is 102 cm³/mol. The molecule has 0 unspecified atom stereocenters. The Hall–Kier alpha value is -2.66. The lowest BCUT2D eigenvalue weighted by Gasteiger charge is -2.20. The molecule has 3 aromatic rings. The minimum Gasteiger partial charge on any atom is -0.460 e. The van der Waals surface area contributed by atoms with Crippen molar-refractivity contribution in [3.8, 4) is 11.1 Å². The zero-order chi connectivity index (χ0) is 17.9. The monoisotopic (exact) mass is 349 g/mol. The van der Waals surface area contributed by atoms with Gasteiger partial charge in [-0.2, -0.15) is 0 Å². The van der Waals surface area contributed by atoms with Crippen LogP contribution in [0.5, 0.6) is 0 Å². The zero-order valence-corrected chi connectivity index (χ0v) is 15.0. The van der Waals surface area contributed by atoms with Crippen LogP contribution >= 0.6 is 0 Å². The molecule has 0 atom stereocenters. The molecule has 1 aliphatic rings. The molecule has 4 rings (SSSR count). The number of benzene rings is 1. The lowest BCUT2D eigenvalue weighted by Crippen LogP contribution is -2.33. The molecule has 1 aromatic carbocycles. The maximum Gasteiger partial charge on any atom is 0.219 e. The van der Waals surface area contributed by atoms with Crippen LogP contribution in [0.4, 0.5) is 0 Å². The van der Waals surface area contributed by atoms with E-state index >= 15 is 0 Å². The van der Waals surface area contributed by atoms with E-state index in [0.717, 1.165) is 67.0 Å². The van der Waals surface area contributed by atoms with E-state index < -0.39 is 0 Å². The Kier molecular flexibility index (Phi) is 4.71. The molecule has 0 radical (unpaired) electrons. The van der Waals surface area contributed by atoms with E-state index in [4.69, 9.17) is 4.42 Å². The highest BCUT2D eigenvalue weighted by molar-refractivity contribution is 5.84. The standard InChI is InChI=1S/C21H23N3O2/c1-16(25)24-9-3-8-23(10-11-24)15-20-13-19-12-17(5-6-21(19)26-20)18-4-2-7-22-14-18/h2,4-7,12-14H,3,8-11,15H2,1H3. The first-order chi connectivity index (χ1) is 12.7. The van der Waals surface area contributed by atoms with E-state index in [1.165, 1.54) is 0 Å². The molecule has 0 bridgehead atoms. The Bertz CT molecular complexity index is 904. The number of hydrogen-bond donors (Lipinski definition) is 0. The van der Waals surface area contributed by atoms with Crippen molar-refractivity contribution in [3.05, 3.63) is 54.6 Å². The lowest BCUT2D eigenvalue weighted by molar-refractivity contribution is -0.128. The number of amides is 1. The Balaban J connectivity index is 1.50. The van der Waals surface area contributed by atoms with Crippen LogP contribution < -0.4 is 0 Å². The second-order valence-electron chi connectivity index (χ2n) is 6.84. The summed E-state index contributed by atoms with van der Waals surface area (Å²) in [6.45, 7) is 5.94. The van der Waals surface area contributed by atoms with Gasteiger partial charge in [0.1, 0.15) is 11.3 Å². The van der Waals surface area contributed by atoms with Gasteiger partial charge in [-0.1, -0.05) is 12.1 Å². The van der Waals surface area contributed by atoms with Crippen molar-refractivity contribution < 1.29 is 9.21 Å². The first-order valence-electron chi connectivity index (χ1n) is 9.10. The van der Waals surface area contributed by atoms with Crippen molar-refractivity contribution in [1.29, 1.82) is 0 Å². The molecule has 5 heteroatoms. The van der Waals surface area contributed by atoms with Crippen molar-refractivity contribution in [2.45, 2.75) is 19.9 Å². The summed E-state index contributed by atoms with van der Waals surface area (Å²) < 4.78 is 6.04. The number of fused-ring (bicyclic) bond motifs is 1. The van der Waals surface area contributed by atoms with Crippen molar-refractivity contribution in [1.82, 2.24) is 14.8 Å². The highest BCUT2D eigenvalue weighted by Gasteiger charge is 2.18. The molecule has 0 saturated carbocycles. The first kappa shape index (κ1) is 16.8. The predicted octanol–water partition coefficient (Wildman–Crippen LogP) is 3.55. The number of nitrogens with zero attached hydrogens (tertiary/aromatic N) is 3. The normalized spacial score (nSPS) is 16.0. The van der Waals surface area contributed by atoms with Gasteiger partial charge in [-0.3, -0.25) is 14.7 Å². The molecule has 0 aliphatic carbocycles. The quantitative estimate of drug-likeness (QED) is 0.726. The summed E-state index contributed by atoms with van der Waals surface area (Å²) in [7, 11) is 0. The number of carbonyl (C=O) groups is 1. The van der Waals surface area contributed by atoms with E-state index in [0.29, 0.717) is 0 Å². The highest BCUT2D eigenvalue weighted by Crippen LogP contribution is 2.27. The van der Waals surface area contributed by atoms with Gasteiger partial charge in [0, 0.05) is 56.4 Å². The van der Waals surface area contributed by atoms with Gasteiger partial charge in [0.15, 0.2) is 0 Å². The Morgan fingerprint density at radius 1 is 1.12 bits per heavy atom. The molecule has 1 fully saturated rings. The molecule has 3 heterocycles. The molecule has 1 aliphatic heterocycles. The second kappa shape index (κ2) is 7.30. The molecule has 2 aromatic heterocycles. The molecule has 26 heavy (non-hydrogen) atoms.